The van der Waals surface area contributed by atoms with E-state index in [0.29, 0.717) is 0 Å². The zero-order chi connectivity index (χ0) is 11.9. The third-order valence-electron chi connectivity index (χ3n) is 1.72. The van der Waals surface area contributed by atoms with Gasteiger partial charge >= 0.3 is 96.9 Å². The first-order chi connectivity index (χ1) is 7.50. The molecule has 0 radical (unpaired) electrons. The van der Waals surface area contributed by atoms with Crippen LogP contribution in [0.15, 0.2) is 12.1 Å². The molecule has 0 spiro atoms. The summed E-state index contributed by atoms with van der Waals surface area (Å²) >= 11 is -3.16. The number of benzene rings is 1. The van der Waals surface area contributed by atoms with Crippen LogP contribution in [0.5, 0.6) is 0 Å². The summed E-state index contributed by atoms with van der Waals surface area (Å²) in [6, 6.07) is 1.72. The molecule has 16 heavy (non-hydrogen) atoms. The average Bonchev–Trinajstić information content (AvgIpc) is 2.49. The van der Waals surface area contributed by atoms with Gasteiger partial charge in [-0.15, -0.1) is 0 Å². The molecule has 0 fully saturated rings. The summed E-state index contributed by atoms with van der Waals surface area (Å²) in [5.74, 6) is -3.31. The van der Waals surface area contributed by atoms with Gasteiger partial charge in [0, 0.05) is 0 Å². The molecule has 1 heterocycles. The first-order valence-electron chi connectivity index (χ1n) is 4.10. The van der Waals surface area contributed by atoms with Crippen molar-refractivity contribution in [2.45, 2.75) is 6.92 Å². The van der Waals surface area contributed by atoms with Gasteiger partial charge in [0.25, 0.3) is 0 Å². The van der Waals surface area contributed by atoms with E-state index in [2.05, 4.69) is 0 Å². The number of fused-ring (bicyclic) bond motifs is 1. The van der Waals surface area contributed by atoms with E-state index in [1.165, 1.54) is 0 Å². The number of halogens is 3. The maximum absolute atomic E-state index is 13.4. The van der Waals surface area contributed by atoms with Gasteiger partial charge in [0.1, 0.15) is 0 Å². The van der Waals surface area contributed by atoms with Crippen LogP contribution in [-0.4, -0.2) is 11.9 Å². The Bertz CT molecular complexity index is 489. The van der Waals surface area contributed by atoms with E-state index < -0.39 is 49.8 Å². The zero-order valence-electron chi connectivity index (χ0n) is 7.92. The molecule has 1 aromatic carbocycles. The molecule has 0 N–H and O–H groups in total. The van der Waals surface area contributed by atoms with Crippen molar-refractivity contribution < 1.29 is 24.5 Å². The SMILES string of the molecule is CC(=O)OI1OC(=O)c2c(F)ccc(F)c21. The number of hydrogen-bond acceptors (Lipinski definition) is 4. The Labute approximate surface area is 97.0 Å². The van der Waals surface area contributed by atoms with Crippen LogP contribution in [-0.2, 0) is 10.9 Å². The van der Waals surface area contributed by atoms with Crippen LogP contribution in [0.3, 0.4) is 0 Å². The third kappa shape index (κ3) is 1.75. The molecule has 7 heteroatoms. The molecule has 4 nitrogen and oxygen atoms in total. The molecule has 1 aliphatic rings. The van der Waals surface area contributed by atoms with Crippen molar-refractivity contribution >= 4 is 32.6 Å². The van der Waals surface area contributed by atoms with Gasteiger partial charge in [-0.25, -0.2) is 0 Å². The van der Waals surface area contributed by atoms with Gasteiger partial charge in [-0.2, -0.15) is 0 Å². The van der Waals surface area contributed by atoms with Gasteiger partial charge in [0.05, 0.1) is 0 Å². The Balaban J connectivity index is 2.52. The quantitative estimate of drug-likeness (QED) is 0.580. The van der Waals surface area contributed by atoms with E-state index in [1.807, 2.05) is 0 Å². The summed E-state index contributed by atoms with van der Waals surface area (Å²) in [5.41, 5.74) is -0.452. The predicted molar refractivity (Wildman–Crippen MR) is 56.3 cm³/mol. The topological polar surface area (TPSA) is 52.6 Å². The van der Waals surface area contributed by atoms with E-state index in [-0.39, 0.29) is 3.57 Å². The van der Waals surface area contributed by atoms with Crippen LogP contribution in [0.25, 0.3) is 0 Å². The van der Waals surface area contributed by atoms with Gasteiger partial charge in [-0.05, 0) is 0 Å². The predicted octanol–water partition coefficient (Wildman–Crippen LogP) is 2.20. The molecule has 0 aromatic heterocycles. The average molecular weight is 342 g/mol. The van der Waals surface area contributed by atoms with Crippen LogP contribution < -0.4 is 0 Å². The zero-order valence-corrected chi connectivity index (χ0v) is 10.1. The summed E-state index contributed by atoms with van der Waals surface area (Å²) < 4.78 is 35.8. The molecule has 0 aliphatic carbocycles. The normalized spacial score (nSPS) is 15.7. The summed E-state index contributed by atoms with van der Waals surface area (Å²) in [5, 5.41) is 0. The second-order valence-corrected chi connectivity index (χ2v) is 6.07. The van der Waals surface area contributed by atoms with Crippen molar-refractivity contribution in [2.75, 3.05) is 0 Å². The van der Waals surface area contributed by atoms with E-state index >= 15 is 0 Å². The van der Waals surface area contributed by atoms with Crippen LogP contribution in [0.4, 0.5) is 8.78 Å². The molecular weight excluding hydrogens is 337 g/mol. The second kappa shape index (κ2) is 3.96. The molecule has 0 amide bonds. The summed E-state index contributed by atoms with van der Waals surface area (Å²) in [6.07, 6.45) is 0. The molecule has 2 rings (SSSR count). The minimum atomic E-state index is -3.16. The van der Waals surface area contributed by atoms with Gasteiger partial charge in [0.2, 0.25) is 0 Å². The van der Waals surface area contributed by atoms with Gasteiger partial charge in [0.15, 0.2) is 0 Å². The van der Waals surface area contributed by atoms with Crippen molar-refractivity contribution in [3.05, 3.63) is 32.9 Å². The van der Waals surface area contributed by atoms with Crippen molar-refractivity contribution in [3.8, 4) is 0 Å². The van der Waals surface area contributed by atoms with Crippen molar-refractivity contribution in [3.63, 3.8) is 0 Å². The Morgan fingerprint density at radius 1 is 1.38 bits per heavy atom. The van der Waals surface area contributed by atoms with Gasteiger partial charge in [-0.1, -0.05) is 0 Å². The van der Waals surface area contributed by atoms with Crippen LogP contribution in [0.1, 0.15) is 17.3 Å². The van der Waals surface area contributed by atoms with Crippen LogP contribution in [0.2, 0.25) is 0 Å². The van der Waals surface area contributed by atoms with E-state index in [0.717, 1.165) is 19.1 Å². The number of carbonyl (C=O) groups is 2. The first kappa shape index (κ1) is 11.2. The molecule has 0 unspecified atom stereocenters. The Morgan fingerprint density at radius 3 is 2.62 bits per heavy atom. The van der Waals surface area contributed by atoms with Crippen molar-refractivity contribution in [2.24, 2.45) is 0 Å². The van der Waals surface area contributed by atoms with Crippen LogP contribution >= 0.6 is 20.6 Å². The molecule has 0 saturated carbocycles. The fourth-order valence-electron chi connectivity index (χ4n) is 1.16. The van der Waals surface area contributed by atoms with Crippen molar-refractivity contribution in [1.82, 2.24) is 0 Å². The summed E-state index contributed by atoms with van der Waals surface area (Å²) in [6.45, 7) is 1.11. The molecule has 0 bridgehead atoms. The fourth-order valence-corrected chi connectivity index (χ4v) is 4.35. The molecule has 1 aromatic rings. The number of hydrogen-bond donors (Lipinski definition) is 0. The monoisotopic (exact) mass is 342 g/mol. The number of rotatable bonds is 1. The Morgan fingerprint density at radius 2 is 2.00 bits per heavy atom. The van der Waals surface area contributed by atoms with Gasteiger partial charge < -0.3 is 0 Å². The first-order valence-corrected chi connectivity index (χ1v) is 6.94. The fraction of sp³-hybridized carbons (Fsp3) is 0.111. The third-order valence-corrected chi connectivity index (χ3v) is 5.48. The number of carbonyl (C=O) groups excluding carboxylic acids is 2. The van der Waals surface area contributed by atoms with Gasteiger partial charge in [-0.3, -0.25) is 0 Å². The van der Waals surface area contributed by atoms with E-state index in [9.17, 15) is 18.4 Å². The molecule has 86 valence electrons. The minimum absolute atomic E-state index is 0.218. The molecule has 0 saturated heterocycles. The second-order valence-electron chi connectivity index (χ2n) is 2.87. The molecular formula is C9H5F2IO4. The molecule has 0 atom stereocenters. The molecule has 1 aliphatic heterocycles. The van der Waals surface area contributed by atoms with E-state index in [4.69, 9.17) is 6.13 Å². The summed E-state index contributed by atoms with van der Waals surface area (Å²) in [7, 11) is 0. The maximum atomic E-state index is 13.4. The standard InChI is InChI=1S/C9H5F2IO4/c1-4(13)15-12-8-6(11)3-2-5(10)7(8)9(14)16-12/h2-3H,1H3. The van der Waals surface area contributed by atoms with Crippen LogP contribution in [0, 0.1) is 15.2 Å². The van der Waals surface area contributed by atoms with Crippen molar-refractivity contribution in [1.29, 1.82) is 0 Å². The Kier molecular flexibility index (Phi) is 2.78. The van der Waals surface area contributed by atoms with E-state index in [1.54, 1.807) is 0 Å². The summed E-state index contributed by atoms with van der Waals surface area (Å²) in [4.78, 5) is 22.0. The Hall–Kier alpha value is -1.25.